The lowest BCUT2D eigenvalue weighted by Crippen LogP contribution is -2.27. The maximum Gasteiger partial charge on any atom is 0.252 e. The zero-order valence-corrected chi connectivity index (χ0v) is 20.7. The van der Waals surface area contributed by atoms with Crippen LogP contribution in [0.4, 0.5) is 4.39 Å². The van der Waals surface area contributed by atoms with Crippen molar-refractivity contribution in [2.45, 2.75) is 53.9 Å². The van der Waals surface area contributed by atoms with E-state index in [-0.39, 0.29) is 17.1 Å². The number of halogens is 1. The van der Waals surface area contributed by atoms with Crippen LogP contribution < -0.4 is 0 Å². The van der Waals surface area contributed by atoms with Crippen LogP contribution in [0.2, 0.25) is 0 Å². The van der Waals surface area contributed by atoms with Crippen molar-refractivity contribution in [3.8, 4) is 5.69 Å². The number of nitrogens with zero attached hydrogens (tertiary/aromatic N) is 3. The first kappa shape index (κ1) is 23.2. The molecule has 0 unspecified atom stereocenters. The molecule has 33 heavy (non-hydrogen) atoms. The van der Waals surface area contributed by atoms with Gasteiger partial charge in [-0.25, -0.2) is 4.39 Å². The van der Waals surface area contributed by atoms with Gasteiger partial charge in [0.25, 0.3) is 5.91 Å². The van der Waals surface area contributed by atoms with Crippen molar-refractivity contribution in [3.05, 3.63) is 59.2 Å². The fraction of sp³-hybridized carbons (Fsp3) is 0.407. The SMILES string of the molecule is COCC(C)(C)c1c(C)c2cc3c(cc2n1-c1ccc(F)cc1)c(C)nn3C(=O)C(C)(C)C. The Morgan fingerprint density at radius 1 is 1.00 bits per heavy atom. The number of hydrogen-bond donors (Lipinski definition) is 0. The molecule has 4 rings (SSSR count). The molecule has 0 N–H and O–H groups in total. The first-order valence-corrected chi connectivity index (χ1v) is 11.2. The smallest absolute Gasteiger partial charge is 0.252 e. The normalized spacial score (nSPS) is 12.8. The van der Waals surface area contributed by atoms with Gasteiger partial charge in [0.05, 0.1) is 23.3 Å². The molecule has 0 bridgehead atoms. The molecule has 0 spiro atoms. The van der Waals surface area contributed by atoms with Crippen LogP contribution in [0.25, 0.3) is 27.5 Å². The second-order valence-corrected chi connectivity index (χ2v) is 10.5. The Kier molecular flexibility index (Phi) is 5.48. The minimum Gasteiger partial charge on any atom is -0.384 e. The van der Waals surface area contributed by atoms with Gasteiger partial charge in [0.1, 0.15) is 5.82 Å². The first-order chi connectivity index (χ1) is 15.4. The van der Waals surface area contributed by atoms with Crippen LogP contribution in [0.3, 0.4) is 0 Å². The fourth-order valence-corrected chi connectivity index (χ4v) is 4.77. The number of fused-ring (bicyclic) bond motifs is 2. The van der Waals surface area contributed by atoms with Crippen LogP contribution in [-0.4, -0.2) is 34.0 Å². The molecule has 0 aliphatic heterocycles. The molecule has 0 saturated heterocycles. The largest absolute Gasteiger partial charge is 0.384 e. The van der Waals surface area contributed by atoms with Crippen molar-refractivity contribution in [3.63, 3.8) is 0 Å². The van der Waals surface area contributed by atoms with E-state index < -0.39 is 5.41 Å². The number of rotatable bonds is 4. The summed E-state index contributed by atoms with van der Waals surface area (Å²) in [5, 5.41) is 6.56. The molecule has 0 saturated carbocycles. The predicted octanol–water partition coefficient (Wildman–Crippen LogP) is 6.35. The van der Waals surface area contributed by atoms with Crippen LogP contribution >= 0.6 is 0 Å². The predicted molar refractivity (Wildman–Crippen MR) is 131 cm³/mol. The fourth-order valence-electron chi connectivity index (χ4n) is 4.77. The maximum atomic E-state index is 13.7. The number of aryl methyl sites for hydroxylation is 2. The van der Waals surface area contributed by atoms with Gasteiger partial charge in [-0.15, -0.1) is 0 Å². The lowest BCUT2D eigenvalue weighted by molar-refractivity contribution is 0.0755. The van der Waals surface area contributed by atoms with Gasteiger partial charge >= 0.3 is 0 Å². The third-order valence-electron chi connectivity index (χ3n) is 6.27. The average Bonchev–Trinajstić information content (AvgIpc) is 3.21. The first-order valence-electron chi connectivity index (χ1n) is 11.2. The molecule has 2 heterocycles. The number of aromatic nitrogens is 3. The molecule has 4 aromatic rings. The topological polar surface area (TPSA) is 49.0 Å². The molecule has 2 aromatic carbocycles. The number of carbonyl (C=O) groups excluding carboxylic acids is 1. The molecule has 174 valence electrons. The zero-order valence-electron chi connectivity index (χ0n) is 20.7. The number of methoxy groups -OCH3 is 1. The Balaban J connectivity index is 2.12. The van der Waals surface area contributed by atoms with E-state index >= 15 is 0 Å². The number of benzene rings is 2. The summed E-state index contributed by atoms with van der Waals surface area (Å²) in [4.78, 5) is 13.1. The number of hydrogen-bond acceptors (Lipinski definition) is 3. The average molecular weight is 450 g/mol. The summed E-state index contributed by atoms with van der Waals surface area (Å²) < 4.78 is 23.0. The molecule has 0 aliphatic rings. The highest BCUT2D eigenvalue weighted by Crippen LogP contribution is 2.39. The Labute approximate surface area is 194 Å². The summed E-state index contributed by atoms with van der Waals surface area (Å²) in [6.07, 6.45) is 0. The van der Waals surface area contributed by atoms with Gasteiger partial charge in [-0.3, -0.25) is 4.79 Å². The van der Waals surface area contributed by atoms with Crippen LogP contribution in [0, 0.1) is 25.1 Å². The van der Waals surface area contributed by atoms with E-state index in [9.17, 15) is 9.18 Å². The summed E-state index contributed by atoms with van der Waals surface area (Å²) in [7, 11) is 1.70. The summed E-state index contributed by atoms with van der Waals surface area (Å²) in [5.41, 5.74) is 4.81. The standard InChI is InChI=1S/C27H32FN3O2/c1-16-20-13-23-21(17(2)29-31(23)25(32)26(3,4)5)14-22(20)30(19-11-9-18(28)10-12-19)24(16)27(6,7)15-33-8/h9-14H,15H2,1-8H3. The van der Waals surface area contributed by atoms with Gasteiger partial charge in [-0.05, 0) is 55.8 Å². The van der Waals surface area contributed by atoms with Crippen molar-refractivity contribution in [1.82, 2.24) is 14.3 Å². The van der Waals surface area contributed by atoms with Gasteiger partial charge in [0.15, 0.2) is 0 Å². The molecule has 0 fully saturated rings. The number of carbonyl (C=O) groups is 1. The van der Waals surface area contributed by atoms with Crippen molar-refractivity contribution in [2.24, 2.45) is 5.41 Å². The second kappa shape index (κ2) is 7.80. The van der Waals surface area contributed by atoms with E-state index in [2.05, 4.69) is 42.6 Å². The van der Waals surface area contributed by atoms with E-state index in [1.165, 1.54) is 12.1 Å². The summed E-state index contributed by atoms with van der Waals surface area (Å²) in [5.74, 6) is -0.319. The molecule has 0 atom stereocenters. The van der Waals surface area contributed by atoms with Gasteiger partial charge in [-0.2, -0.15) is 9.78 Å². The maximum absolute atomic E-state index is 13.7. The van der Waals surface area contributed by atoms with Gasteiger partial charge in [-0.1, -0.05) is 34.6 Å². The molecule has 5 nitrogen and oxygen atoms in total. The third kappa shape index (κ3) is 3.76. The molecule has 2 aromatic heterocycles. The van der Waals surface area contributed by atoms with Gasteiger partial charge in [0.2, 0.25) is 0 Å². The Bertz CT molecular complexity index is 1370. The summed E-state index contributed by atoms with van der Waals surface area (Å²) >= 11 is 0. The van der Waals surface area contributed by atoms with Crippen LogP contribution in [0.1, 0.15) is 56.4 Å². The molecule has 0 aliphatic carbocycles. The van der Waals surface area contributed by atoms with E-state index in [4.69, 9.17) is 4.74 Å². The van der Waals surface area contributed by atoms with Gasteiger partial charge < -0.3 is 9.30 Å². The highest BCUT2D eigenvalue weighted by Gasteiger charge is 2.31. The monoisotopic (exact) mass is 449 g/mol. The van der Waals surface area contributed by atoms with Crippen molar-refractivity contribution in [1.29, 1.82) is 0 Å². The highest BCUT2D eigenvalue weighted by atomic mass is 19.1. The quantitative estimate of drug-likeness (QED) is 0.365. The molecule has 6 heteroatoms. The van der Waals surface area contributed by atoms with Crippen molar-refractivity contribution in [2.75, 3.05) is 13.7 Å². The minimum atomic E-state index is -0.555. The van der Waals surface area contributed by atoms with E-state index in [0.717, 1.165) is 44.4 Å². The highest BCUT2D eigenvalue weighted by molar-refractivity contribution is 6.03. The lowest BCUT2D eigenvalue weighted by Gasteiger charge is -2.27. The third-order valence-corrected chi connectivity index (χ3v) is 6.27. The molecular formula is C27H32FN3O2. The second-order valence-electron chi connectivity index (χ2n) is 10.5. The Hall–Kier alpha value is -2.99. The van der Waals surface area contributed by atoms with Crippen LogP contribution in [0.5, 0.6) is 0 Å². The van der Waals surface area contributed by atoms with Crippen LogP contribution in [0.15, 0.2) is 36.4 Å². The summed E-state index contributed by atoms with van der Waals surface area (Å²) in [6.45, 7) is 14.5. The lowest BCUT2D eigenvalue weighted by atomic mass is 9.87. The molecule has 0 amide bonds. The van der Waals surface area contributed by atoms with Crippen molar-refractivity contribution >= 4 is 27.7 Å². The summed E-state index contributed by atoms with van der Waals surface area (Å²) in [6, 6.07) is 10.7. The Morgan fingerprint density at radius 2 is 1.61 bits per heavy atom. The van der Waals surface area contributed by atoms with E-state index in [1.54, 1.807) is 23.9 Å². The van der Waals surface area contributed by atoms with Crippen molar-refractivity contribution < 1.29 is 13.9 Å². The number of ether oxygens (including phenoxy) is 1. The Morgan fingerprint density at radius 3 is 2.18 bits per heavy atom. The van der Waals surface area contributed by atoms with Gasteiger partial charge in [0, 0.05) is 40.1 Å². The minimum absolute atomic E-state index is 0.0458. The van der Waals surface area contributed by atoms with E-state index in [0.29, 0.717) is 6.61 Å². The molecule has 0 radical (unpaired) electrons. The van der Waals surface area contributed by atoms with E-state index in [1.807, 2.05) is 27.7 Å². The zero-order chi connectivity index (χ0) is 24.3. The van der Waals surface area contributed by atoms with Crippen LogP contribution in [-0.2, 0) is 10.2 Å². The molecular weight excluding hydrogens is 417 g/mol.